The van der Waals surface area contributed by atoms with Gasteiger partial charge in [-0.1, -0.05) is 0 Å². The molecule has 1 aliphatic heterocycles. The van der Waals surface area contributed by atoms with Gasteiger partial charge in [-0.05, 0) is 26.8 Å². The van der Waals surface area contributed by atoms with Crippen molar-refractivity contribution >= 4 is 0 Å². The van der Waals surface area contributed by atoms with Gasteiger partial charge in [-0.15, -0.1) is 0 Å². The topological polar surface area (TPSA) is 33.7 Å². The summed E-state index contributed by atoms with van der Waals surface area (Å²) in [5, 5.41) is 3.44. The van der Waals surface area contributed by atoms with Crippen molar-refractivity contribution in [3.05, 3.63) is 0 Å². The predicted molar refractivity (Wildman–Crippen MR) is 65.8 cm³/mol. The minimum absolute atomic E-state index is 0.453. The van der Waals surface area contributed by atoms with Gasteiger partial charge in [0.2, 0.25) is 0 Å². The van der Waals surface area contributed by atoms with E-state index in [0.717, 1.165) is 46.0 Å². The molecule has 0 spiro atoms. The number of rotatable bonds is 9. The molecule has 0 amide bonds. The first kappa shape index (κ1) is 13.9. The van der Waals surface area contributed by atoms with E-state index in [4.69, 9.17) is 9.47 Å². The van der Waals surface area contributed by atoms with Crippen LogP contribution in [0.3, 0.4) is 0 Å². The van der Waals surface area contributed by atoms with Gasteiger partial charge in [-0.2, -0.15) is 0 Å². The highest BCUT2D eigenvalue weighted by atomic mass is 16.5. The van der Waals surface area contributed by atoms with Crippen LogP contribution in [0.2, 0.25) is 0 Å². The molecule has 0 saturated carbocycles. The van der Waals surface area contributed by atoms with Gasteiger partial charge in [0.05, 0.1) is 12.7 Å². The number of ether oxygens (including phenoxy) is 2. The zero-order valence-electron chi connectivity index (χ0n) is 10.7. The first-order valence-corrected chi connectivity index (χ1v) is 6.41. The van der Waals surface area contributed by atoms with Gasteiger partial charge in [-0.3, -0.25) is 0 Å². The Hall–Kier alpha value is -0.160. The lowest BCUT2D eigenvalue weighted by Gasteiger charge is -2.17. The number of nitrogens with one attached hydrogen (secondary N) is 1. The summed E-state index contributed by atoms with van der Waals surface area (Å²) in [6.45, 7) is 8.73. The molecule has 1 heterocycles. The molecule has 0 aromatic rings. The first-order valence-electron chi connectivity index (χ1n) is 6.41. The molecule has 0 aliphatic carbocycles. The Bertz CT molecular complexity index is 161. The SMILES string of the molecule is CCOCCN(C)CCNCC1CCCO1. The summed E-state index contributed by atoms with van der Waals surface area (Å²) in [5.41, 5.74) is 0. The molecule has 4 nitrogen and oxygen atoms in total. The minimum atomic E-state index is 0.453. The van der Waals surface area contributed by atoms with Gasteiger partial charge in [0.1, 0.15) is 0 Å². The number of likely N-dealkylation sites (N-methyl/N-ethyl adjacent to an activating group) is 1. The molecule has 0 radical (unpaired) electrons. The molecule has 0 bridgehead atoms. The van der Waals surface area contributed by atoms with Crippen LogP contribution in [-0.4, -0.2) is 64.1 Å². The molecular formula is C12H26N2O2. The van der Waals surface area contributed by atoms with Gasteiger partial charge < -0.3 is 19.7 Å². The molecule has 0 aromatic heterocycles. The van der Waals surface area contributed by atoms with Crippen molar-refractivity contribution in [2.45, 2.75) is 25.9 Å². The molecule has 1 aliphatic rings. The monoisotopic (exact) mass is 230 g/mol. The maximum absolute atomic E-state index is 5.54. The standard InChI is InChI=1S/C12H26N2O2/c1-3-15-10-8-14(2)7-6-13-11-12-5-4-9-16-12/h12-13H,3-11H2,1-2H3. The molecule has 1 unspecified atom stereocenters. The van der Waals surface area contributed by atoms with E-state index in [2.05, 4.69) is 17.3 Å². The van der Waals surface area contributed by atoms with Crippen LogP contribution in [0.1, 0.15) is 19.8 Å². The Morgan fingerprint density at radius 2 is 2.31 bits per heavy atom. The summed E-state index contributed by atoms with van der Waals surface area (Å²) in [7, 11) is 2.13. The van der Waals surface area contributed by atoms with E-state index in [1.165, 1.54) is 12.8 Å². The first-order chi connectivity index (χ1) is 7.83. The maximum atomic E-state index is 5.54. The summed E-state index contributed by atoms with van der Waals surface area (Å²) in [6.07, 6.45) is 2.89. The lowest BCUT2D eigenvalue weighted by molar-refractivity contribution is 0.107. The molecule has 1 N–H and O–H groups in total. The van der Waals surface area contributed by atoms with Crippen LogP contribution in [0.25, 0.3) is 0 Å². The van der Waals surface area contributed by atoms with E-state index in [0.29, 0.717) is 6.10 Å². The second-order valence-electron chi connectivity index (χ2n) is 4.34. The average Bonchev–Trinajstić information content (AvgIpc) is 2.78. The lowest BCUT2D eigenvalue weighted by Crippen LogP contribution is -2.34. The molecule has 0 aromatic carbocycles. The van der Waals surface area contributed by atoms with Gasteiger partial charge in [0.15, 0.2) is 0 Å². The van der Waals surface area contributed by atoms with Crippen molar-refractivity contribution in [2.75, 3.05) is 53.0 Å². The Kier molecular flexibility index (Phi) is 7.76. The van der Waals surface area contributed by atoms with E-state index in [1.54, 1.807) is 0 Å². The van der Waals surface area contributed by atoms with Gasteiger partial charge >= 0.3 is 0 Å². The number of nitrogens with zero attached hydrogens (tertiary/aromatic N) is 1. The summed E-state index contributed by atoms with van der Waals surface area (Å²) in [4.78, 5) is 2.29. The fourth-order valence-electron chi connectivity index (χ4n) is 1.81. The zero-order chi connectivity index (χ0) is 11.6. The van der Waals surface area contributed by atoms with Crippen LogP contribution < -0.4 is 5.32 Å². The molecule has 16 heavy (non-hydrogen) atoms. The summed E-state index contributed by atoms with van der Waals surface area (Å²) < 4.78 is 10.9. The second kappa shape index (κ2) is 8.93. The lowest BCUT2D eigenvalue weighted by atomic mass is 10.2. The second-order valence-corrected chi connectivity index (χ2v) is 4.34. The van der Waals surface area contributed by atoms with E-state index >= 15 is 0 Å². The summed E-state index contributed by atoms with van der Waals surface area (Å²) >= 11 is 0. The summed E-state index contributed by atoms with van der Waals surface area (Å²) in [6, 6.07) is 0. The average molecular weight is 230 g/mol. The van der Waals surface area contributed by atoms with Crippen molar-refractivity contribution in [3.8, 4) is 0 Å². The third-order valence-corrected chi connectivity index (χ3v) is 2.89. The third-order valence-electron chi connectivity index (χ3n) is 2.89. The molecule has 1 fully saturated rings. The van der Waals surface area contributed by atoms with Crippen LogP contribution >= 0.6 is 0 Å². The van der Waals surface area contributed by atoms with Crippen molar-refractivity contribution in [3.63, 3.8) is 0 Å². The third kappa shape index (κ3) is 6.43. The molecular weight excluding hydrogens is 204 g/mol. The number of hydrogen-bond acceptors (Lipinski definition) is 4. The van der Waals surface area contributed by atoms with Crippen molar-refractivity contribution in [1.29, 1.82) is 0 Å². The molecule has 1 atom stereocenters. The highest BCUT2D eigenvalue weighted by molar-refractivity contribution is 4.67. The number of hydrogen-bond donors (Lipinski definition) is 1. The molecule has 1 rings (SSSR count). The highest BCUT2D eigenvalue weighted by Gasteiger charge is 2.14. The maximum Gasteiger partial charge on any atom is 0.0700 e. The Balaban J connectivity index is 1.85. The zero-order valence-corrected chi connectivity index (χ0v) is 10.7. The van der Waals surface area contributed by atoms with E-state index in [9.17, 15) is 0 Å². The molecule has 1 saturated heterocycles. The van der Waals surface area contributed by atoms with Crippen molar-refractivity contribution in [2.24, 2.45) is 0 Å². The molecule has 96 valence electrons. The van der Waals surface area contributed by atoms with Crippen LogP contribution in [0, 0.1) is 0 Å². The Morgan fingerprint density at radius 1 is 1.44 bits per heavy atom. The van der Waals surface area contributed by atoms with E-state index < -0.39 is 0 Å². The molecule has 4 heteroatoms. The van der Waals surface area contributed by atoms with Gasteiger partial charge in [0, 0.05) is 39.4 Å². The minimum Gasteiger partial charge on any atom is -0.380 e. The van der Waals surface area contributed by atoms with E-state index in [1.807, 2.05) is 6.92 Å². The van der Waals surface area contributed by atoms with Gasteiger partial charge in [0.25, 0.3) is 0 Å². The van der Waals surface area contributed by atoms with Crippen LogP contribution in [-0.2, 0) is 9.47 Å². The Labute approximate surface area is 99.3 Å². The smallest absolute Gasteiger partial charge is 0.0700 e. The highest BCUT2D eigenvalue weighted by Crippen LogP contribution is 2.10. The fraction of sp³-hybridized carbons (Fsp3) is 1.00. The quantitative estimate of drug-likeness (QED) is 0.592. The van der Waals surface area contributed by atoms with Crippen LogP contribution in [0.4, 0.5) is 0 Å². The largest absolute Gasteiger partial charge is 0.380 e. The predicted octanol–water partition coefficient (Wildman–Crippen LogP) is 0.723. The van der Waals surface area contributed by atoms with Crippen molar-refractivity contribution < 1.29 is 9.47 Å². The van der Waals surface area contributed by atoms with E-state index in [-0.39, 0.29) is 0 Å². The van der Waals surface area contributed by atoms with Crippen LogP contribution in [0.5, 0.6) is 0 Å². The summed E-state index contributed by atoms with van der Waals surface area (Å²) in [5.74, 6) is 0. The Morgan fingerprint density at radius 3 is 3.00 bits per heavy atom. The fourth-order valence-corrected chi connectivity index (χ4v) is 1.81. The van der Waals surface area contributed by atoms with Crippen LogP contribution in [0.15, 0.2) is 0 Å². The van der Waals surface area contributed by atoms with Gasteiger partial charge in [-0.25, -0.2) is 0 Å². The normalized spacial score (nSPS) is 20.8. The van der Waals surface area contributed by atoms with Crippen molar-refractivity contribution in [1.82, 2.24) is 10.2 Å².